The molecule has 0 aromatic heterocycles. The van der Waals surface area contributed by atoms with Crippen LogP contribution in [0.5, 0.6) is 0 Å². The van der Waals surface area contributed by atoms with Crippen molar-refractivity contribution in [3.8, 4) is 0 Å². The normalized spacial score (nSPS) is 13.8. The van der Waals surface area contributed by atoms with Gasteiger partial charge in [-0.2, -0.15) is 0 Å². The summed E-state index contributed by atoms with van der Waals surface area (Å²) in [6.07, 6.45) is 0. The van der Waals surface area contributed by atoms with Gasteiger partial charge in [-0.05, 0) is 31.5 Å². The van der Waals surface area contributed by atoms with Gasteiger partial charge >= 0.3 is 5.97 Å². The summed E-state index contributed by atoms with van der Waals surface area (Å²) in [5, 5.41) is 0. The van der Waals surface area contributed by atoms with Crippen LogP contribution in [0.1, 0.15) is 19.4 Å². The van der Waals surface area contributed by atoms with Crippen molar-refractivity contribution >= 4 is 5.97 Å². The Kier molecular flexibility index (Phi) is 6.04. The van der Waals surface area contributed by atoms with Gasteiger partial charge in [-0.25, -0.2) is 8.78 Å². The Morgan fingerprint density at radius 3 is 2.25 bits per heavy atom. The number of carbonyl (C=O) groups is 1. The van der Waals surface area contributed by atoms with E-state index >= 15 is 0 Å². The molecule has 0 spiro atoms. The lowest BCUT2D eigenvalue weighted by atomic mass is 9.81. The lowest BCUT2D eigenvalue weighted by Crippen LogP contribution is -2.48. The van der Waals surface area contributed by atoms with E-state index in [9.17, 15) is 13.6 Å². The summed E-state index contributed by atoms with van der Waals surface area (Å²) in [6.45, 7) is 3.62. The van der Waals surface area contributed by atoms with Gasteiger partial charge in [-0.1, -0.05) is 0 Å². The Morgan fingerprint density at radius 1 is 1.20 bits per heavy atom. The predicted molar refractivity (Wildman–Crippen MR) is 70.2 cm³/mol. The number of benzene rings is 1. The Hall–Kier alpha value is -1.53. The van der Waals surface area contributed by atoms with Crippen LogP contribution in [-0.4, -0.2) is 32.3 Å². The molecule has 0 fully saturated rings. The maximum Gasteiger partial charge on any atom is 0.320 e. The van der Waals surface area contributed by atoms with Gasteiger partial charge in [0.15, 0.2) is 0 Å². The van der Waals surface area contributed by atoms with Gasteiger partial charge in [-0.15, -0.1) is 0 Å². The molecular weight excluding hydrogens is 268 g/mol. The minimum atomic E-state index is -1.41. The first-order valence-electron chi connectivity index (χ1n) is 6.41. The Labute approximate surface area is 116 Å². The monoisotopic (exact) mass is 287 g/mol. The zero-order chi connectivity index (χ0) is 15.2. The highest BCUT2D eigenvalue weighted by atomic mass is 19.1. The minimum absolute atomic E-state index is 0.0955. The highest BCUT2D eigenvalue weighted by Gasteiger charge is 2.41. The Morgan fingerprint density at radius 2 is 1.80 bits per heavy atom. The average molecular weight is 287 g/mol. The smallest absolute Gasteiger partial charge is 0.320 e. The molecule has 0 aliphatic rings. The third-order valence-corrected chi connectivity index (χ3v) is 2.98. The van der Waals surface area contributed by atoms with Crippen molar-refractivity contribution < 1.29 is 23.0 Å². The van der Waals surface area contributed by atoms with E-state index in [1.807, 2.05) is 0 Å². The van der Waals surface area contributed by atoms with Crippen LogP contribution in [0, 0.1) is 11.6 Å². The Bertz CT molecular complexity index is 447. The van der Waals surface area contributed by atoms with E-state index < -0.39 is 23.0 Å². The van der Waals surface area contributed by atoms with Crippen LogP contribution < -0.4 is 5.73 Å². The van der Waals surface area contributed by atoms with Crippen molar-refractivity contribution in [1.29, 1.82) is 0 Å². The zero-order valence-corrected chi connectivity index (χ0v) is 11.6. The summed E-state index contributed by atoms with van der Waals surface area (Å²) >= 11 is 0. The molecule has 0 bridgehead atoms. The average Bonchev–Trinajstić information content (AvgIpc) is 2.39. The number of hydrogen-bond donors (Lipinski definition) is 1. The first kappa shape index (κ1) is 16.5. The van der Waals surface area contributed by atoms with Crippen LogP contribution in [-0.2, 0) is 19.7 Å². The summed E-state index contributed by atoms with van der Waals surface area (Å²) in [6, 6.07) is 2.88. The number of halogens is 2. The SMILES string of the molecule is CCOCC(CN)(C(=O)OCC)c1cc(F)cc(F)c1. The maximum atomic E-state index is 13.4. The summed E-state index contributed by atoms with van der Waals surface area (Å²) in [4.78, 5) is 12.2. The molecule has 2 N–H and O–H groups in total. The quantitative estimate of drug-likeness (QED) is 0.776. The fourth-order valence-electron chi connectivity index (χ4n) is 1.90. The van der Waals surface area contributed by atoms with Crippen LogP contribution in [0.15, 0.2) is 18.2 Å². The van der Waals surface area contributed by atoms with Gasteiger partial charge < -0.3 is 15.2 Å². The standard InChI is InChI=1S/C14H19F2NO3/c1-3-19-9-14(8-17,13(18)20-4-2)10-5-11(15)7-12(16)6-10/h5-7H,3-4,8-9,17H2,1-2H3. The van der Waals surface area contributed by atoms with Gasteiger partial charge in [0.25, 0.3) is 0 Å². The molecule has 0 aliphatic heterocycles. The molecule has 0 amide bonds. The predicted octanol–water partition coefficient (Wildman–Crippen LogP) is 1.76. The number of ether oxygens (including phenoxy) is 2. The molecule has 4 nitrogen and oxygen atoms in total. The van der Waals surface area contributed by atoms with Gasteiger partial charge in [0.1, 0.15) is 17.0 Å². The van der Waals surface area contributed by atoms with Gasteiger partial charge in [0, 0.05) is 19.2 Å². The molecule has 1 atom stereocenters. The first-order chi connectivity index (χ1) is 9.50. The van der Waals surface area contributed by atoms with Crippen molar-refractivity contribution in [2.75, 3.05) is 26.4 Å². The van der Waals surface area contributed by atoms with Crippen molar-refractivity contribution in [3.63, 3.8) is 0 Å². The second-order valence-corrected chi connectivity index (χ2v) is 4.30. The van der Waals surface area contributed by atoms with Crippen LogP contribution in [0.2, 0.25) is 0 Å². The number of esters is 1. The van der Waals surface area contributed by atoms with E-state index in [2.05, 4.69) is 0 Å². The molecule has 0 saturated heterocycles. The molecule has 1 unspecified atom stereocenters. The second-order valence-electron chi connectivity index (χ2n) is 4.30. The molecule has 112 valence electrons. The molecule has 1 aromatic carbocycles. The topological polar surface area (TPSA) is 61.5 Å². The number of carbonyl (C=O) groups excluding carboxylic acids is 1. The molecule has 6 heteroatoms. The van der Waals surface area contributed by atoms with E-state index in [0.29, 0.717) is 6.61 Å². The largest absolute Gasteiger partial charge is 0.465 e. The fourth-order valence-corrected chi connectivity index (χ4v) is 1.90. The summed E-state index contributed by atoms with van der Waals surface area (Å²) in [5.41, 5.74) is 4.39. The number of nitrogens with two attached hydrogens (primary N) is 1. The van der Waals surface area contributed by atoms with Crippen LogP contribution in [0.3, 0.4) is 0 Å². The molecule has 1 rings (SSSR count). The minimum Gasteiger partial charge on any atom is -0.465 e. The third kappa shape index (κ3) is 3.52. The third-order valence-electron chi connectivity index (χ3n) is 2.98. The van der Waals surface area contributed by atoms with Crippen LogP contribution in [0.25, 0.3) is 0 Å². The molecule has 0 radical (unpaired) electrons. The zero-order valence-electron chi connectivity index (χ0n) is 11.6. The van der Waals surface area contributed by atoms with E-state index in [0.717, 1.165) is 18.2 Å². The lowest BCUT2D eigenvalue weighted by molar-refractivity contribution is -0.152. The number of rotatable bonds is 7. The van der Waals surface area contributed by atoms with Gasteiger partial charge in [0.2, 0.25) is 0 Å². The summed E-state index contributed by atoms with van der Waals surface area (Å²) in [7, 11) is 0. The second kappa shape index (κ2) is 7.31. The molecule has 20 heavy (non-hydrogen) atoms. The molecule has 0 saturated carbocycles. The van der Waals surface area contributed by atoms with Crippen molar-refractivity contribution in [1.82, 2.24) is 0 Å². The van der Waals surface area contributed by atoms with Crippen LogP contribution >= 0.6 is 0 Å². The van der Waals surface area contributed by atoms with E-state index in [1.165, 1.54) is 0 Å². The highest BCUT2D eigenvalue weighted by Crippen LogP contribution is 2.27. The fraction of sp³-hybridized carbons (Fsp3) is 0.500. The van der Waals surface area contributed by atoms with Gasteiger partial charge in [-0.3, -0.25) is 4.79 Å². The molecular formula is C14H19F2NO3. The van der Waals surface area contributed by atoms with E-state index in [1.54, 1.807) is 13.8 Å². The van der Waals surface area contributed by atoms with E-state index in [-0.39, 0.29) is 25.3 Å². The maximum absolute atomic E-state index is 13.4. The van der Waals surface area contributed by atoms with Crippen molar-refractivity contribution in [2.24, 2.45) is 5.73 Å². The lowest BCUT2D eigenvalue weighted by Gasteiger charge is -2.30. The van der Waals surface area contributed by atoms with Crippen molar-refractivity contribution in [3.05, 3.63) is 35.4 Å². The molecule has 0 aliphatic carbocycles. The van der Waals surface area contributed by atoms with Crippen LogP contribution in [0.4, 0.5) is 8.78 Å². The molecule has 1 aromatic rings. The first-order valence-corrected chi connectivity index (χ1v) is 6.41. The van der Waals surface area contributed by atoms with E-state index in [4.69, 9.17) is 15.2 Å². The van der Waals surface area contributed by atoms with Crippen molar-refractivity contribution in [2.45, 2.75) is 19.3 Å². The summed E-state index contributed by atoms with van der Waals surface area (Å²) < 4.78 is 37.0. The molecule has 0 heterocycles. The van der Waals surface area contributed by atoms with Gasteiger partial charge in [0.05, 0.1) is 13.2 Å². The highest BCUT2D eigenvalue weighted by molar-refractivity contribution is 5.84. The number of hydrogen-bond acceptors (Lipinski definition) is 4. The Balaban J connectivity index is 3.29. The summed E-state index contributed by atoms with van der Waals surface area (Å²) in [5.74, 6) is -2.21.